The number of nitrogens with one attached hydrogen (secondary N) is 1. The van der Waals surface area contributed by atoms with Crippen LogP contribution in [-0.4, -0.2) is 11.9 Å². The van der Waals surface area contributed by atoms with Gasteiger partial charge in [-0.25, -0.2) is 0 Å². The average Bonchev–Trinajstić information content (AvgIpc) is 2.58. The summed E-state index contributed by atoms with van der Waals surface area (Å²) in [5, 5.41) is 3.80. The topological polar surface area (TPSA) is 29.1 Å². The number of rotatable bonds is 2. The Morgan fingerprint density at radius 2 is 2.05 bits per heavy atom. The minimum atomic E-state index is 0.00523. The van der Waals surface area contributed by atoms with Gasteiger partial charge < -0.3 is 5.32 Å². The zero-order valence-corrected chi connectivity index (χ0v) is 14.0. The van der Waals surface area contributed by atoms with E-state index in [4.69, 9.17) is 11.6 Å². The van der Waals surface area contributed by atoms with Crippen molar-refractivity contribution in [3.63, 3.8) is 0 Å². The molecule has 104 valence electrons. The van der Waals surface area contributed by atoms with E-state index in [0.717, 1.165) is 9.99 Å². The van der Waals surface area contributed by atoms with E-state index in [-0.39, 0.29) is 5.91 Å². The van der Waals surface area contributed by atoms with Crippen LogP contribution in [0, 0.1) is 9.49 Å². The SMILES string of the molecule is CC1CCCCCC1NC(=O)c1cc(Cl)ccc1I. The molecule has 2 rings (SSSR count). The zero-order chi connectivity index (χ0) is 13.8. The van der Waals surface area contributed by atoms with E-state index < -0.39 is 0 Å². The summed E-state index contributed by atoms with van der Waals surface area (Å²) in [4.78, 5) is 12.4. The van der Waals surface area contributed by atoms with Gasteiger partial charge >= 0.3 is 0 Å². The van der Waals surface area contributed by atoms with Gasteiger partial charge in [-0.15, -0.1) is 0 Å². The molecule has 0 saturated heterocycles. The highest BCUT2D eigenvalue weighted by Gasteiger charge is 2.22. The van der Waals surface area contributed by atoms with E-state index in [0.29, 0.717) is 22.5 Å². The van der Waals surface area contributed by atoms with Crippen molar-refractivity contribution in [2.75, 3.05) is 0 Å². The molecule has 19 heavy (non-hydrogen) atoms. The lowest BCUT2D eigenvalue weighted by molar-refractivity contribution is 0.0920. The number of carbonyl (C=O) groups excluding carboxylic acids is 1. The Kier molecular flexibility index (Phi) is 5.51. The molecule has 1 aromatic carbocycles. The minimum Gasteiger partial charge on any atom is -0.349 e. The molecule has 1 fully saturated rings. The Labute approximate surface area is 133 Å². The predicted octanol–water partition coefficient (Wildman–Crippen LogP) is 4.64. The Morgan fingerprint density at radius 1 is 1.32 bits per heavy atom. The van der Waals surface area contributed by atoms with Gasteiger partial charge in [0.25, 0.3) is 5.91 Å². The van der Waals surface area contributed by atoms with Crippen LogP contribution in [0.25, 0.3) is 0 Å². The number of carbonyl (C=O) groups is 1. The summed E-state index contributed by atoms with van der Waals surface area (Å²) in [6.07, 6.45) is 6.07. The monoisotopic (exact) mass is 391 g/mol. The quantitative estimate of drug-likeness (QED) is 0.577. The first kappa shape index (κ1) is 15.1. The van der Waals surface area contributed by atoms with E-state index in [2.05, 4.69) is 34.8 Å². The predicted molar refractivity (Wildman–Crippen MR) is 87.7 cm³/mol. The van der Waals surface area contributed by atoms with E-state index in [9.17, 15) is 4.79 Å². The van der Waals surface area contributed by atoms with Crippen LogP contribution in [0.5, 0.6) is 0 Å². The van der Waals surface area contributed by atoms with Crippen molar-refractivity contribution in [1.82, 2.24) is 5.32 Å². The van der Waals surface area contributed by atoms with Gasteiger partial charge in [-0.05, 0) is 59.5 Å². The lowest BCUT2D eigenvalue weighted by Crippen LogP contribution is -2.39. The first-order valence-electron chi connectivity index (χ1n) is 6.84. The summed E-state index contributed by atoms with van der Waals surface area (Å²) in [6.45, 7) is 2.24. The molecule has 0 radical (unpaired) electrons. The van der Waals surface area contributed by atoms with Crippen LogP contribution in [-0.2, 0) is 0 Å². The number of benzene rings is 1. The van der Waals surface area contributed by atoms with Gasteiger partial charge in [-0.3, -0.25) is 4.79 Å². The second-order valence-electron chi connectivity index (χ2n) is 5.32. The second kappa shape index (κ2) is 6.93. The van der Waals surface area contributed by atoms with Gasteiger partial charge in [-0.1, -0.05) is 37.8 Å². The van der Waals surface area contributed by atoms with E-state index >= 15 is 0 Å². The number of hydrogen-bond acceptors (Lipinski definition) is 1. The van der Waals surface area contributed by atoms with Gasteiger partial charge in [0, 0.05) is 14.6 Å². The molecule has 1 N–H and O–H groups in total. The highest BCUT2D eigenvalue weighted by Crippen LogP contribution is 2.24. The van der Waals surface area contributed by atoms with Crippen molar-refractivity contribution in [2.24, 2.45) is 5.92 Å². The molecule has 0 heterocycles. The molecule has 1 aromatic rings. The molecule has 0 aliphatic heterocycles. The van der Waals surface area contributed by atoms with Gasteiger partial charge in [0.1, 0.15) is 0 Å². The fourth-order valence-electron chi connectivity index (χ4n) is 2.63. The van der Waals surface area contributed by atoms with Gasteiger partial charge in [0.2, 0.25) is 0 Å². The first-order chi connectivity index (χ1) is 9.08. The third-order valence-electron chi connectivity index (χ3n) is 3.85. The third kappa shape index (κ3) is 4.09. The highest BCUT2D eigenvalue weighted by molar-refractivity contribution is 14.1. The Balaban J connectivity index is 2.09. The van der Waals surface area contributed by atoms with Crippen molar-refractivity contribution in [3.05, 3.63) is 32.4 Å². The molecule has 0 aromatic heterocycles. The molecule has 1 amide bonds. The van der Waals surface area contributed by atoms with E-state index in [1.807, 2.05) is 12.1 Å². The van der Waals surface area contributed by atoms with E-state index in [1.165, 1.54) is 25.7 Å². The molecule has 2 atom stereocenters. The minimum absolute atomic E-state index is 0.00523. The Hall–Kier alpha value is -0.290. The Morgan fingerprint density at radius 3 is 2.84 bits per heavy atom. The maximum atomic E-state index is 12.4. The Bertz CT molecular complexity index is 463. The lowest BCUT2D eigenvalue weighted by Gasteiger charge is -2.23. The maximum absolute atomic E-state index is 12.4. The summed E-state index contributed by atoms with van der Waals surface area (Å²) >= 11 is 8.16. The highest BCUT2D eigenvalue weighted by atomic mass is 127. The molecule has 4 heteroatoms. The average molecular weight is 392 g/mol. The van der Waals surface area contributed by atoms with Gasteiger partial charge in [-0.2, -0.15) is 0 Å². The fourth-order valence-corrected chi connectivity index (χ4v) is 3.38. The molecule has 2 nitrogen and oxygen atoms in total. The number of halogens is 2. The molecule has 1 saturated carbocycles. The van der Waals surface area contributed by atoms with E-state index in [1.54, 1.807) is 6.07 Å². The molecule has 1 aliphatic rings. The zero-order valence-electron chi connectivity index (χ0n) is 11.1. The number of hydrogen-bond donors (Lipinski definition) is 1. The molecular weight excluding hydrogens is 373 g/mol. The smallest absolute Gasteiger partial charge is 0.252 e. The number of amides is 1. The van der Waals surface area contributed by atoms with Crippen LogP contribution in [0.1, 0.15) is 49.4 Å². The van der Waals surface area contributed by atoms with Gasteiger partial charge in [0.15, 0.2) is 0 Å². The van der Waals surface area contributed by atoms with Crippen LogP contribution < -0.4 is 5.32 Å². The van der Waals surface area contributed by atoms with Crippen LogP contribution in [0.15, 0.2) is 18.2 Å². The van der Waals surface area contributed by atoms with Crippen LogP contribution in [0.4, 0.5) is 0 Å². The van der Waals surface area contributed by atoms with Crippen molar-refractivity contribution >= 4 is 40.1 Å². The summed E-state index contributed by atoms with van der Waals surface area (Å²) in [7, 11) is 0. The third-order valence-corrected chi connectivity index (χ3v) is 5.03. The fraction of sp³-hybridized carbons (Fsp3) is 0.533. The molecule has 1 aliphatic carbocycles. The van der Waals surface area contributed by atoms with Crippen molar-refractivity contribution in [1.29, 1.82) is 0 Å². The normalized spacial score (nSPS) is 23.7. The van der Waals surface area contributed by atoms with Crippen LogP contribution in [0.2, 0.25) is 5.02 Å². The molecule has 2 unspecified atom stereocenters. The molecule has 0 bridgehead atoms. The second-order valence-corrected chi connectivity index (χ2v) is 6.92. The van der Waals surface area contributed by atoms with Crippen LogP contribution >= 0.6 is 34.2 Å². The van der Waals surface area contributed by atoms with Crippen molar-refractivity contribution < 1.29 is 4.79 Å². The van der Waals surface area contributed by atoms with Crippen molar-refractivity contribution in [2.45, 2.75) is 45.1 Å². The first-order valence-corrected chi connectivity index (χ1v) is 8.29. The summed E-state index contributed by atoms with van der Waals surface area (Å²) in [5.41, 5.74) is 0.685. The molecule has 0 spiro atoms. The molecular formula is C15H19ClINO. The summed E-state index contributed by atoms with van der Waals surface area (Å²) in [6, 6.07) is 5.74. The standard InChI is InChI=1S/C15H19ClINO/c1-10-5-3-2-4-6-14(10)18-15(19)12-9-11(16)7-8-13(12)17/h7-10,14H,2-6H2,1H3,(H,18,19). The summed E-state index contributed by atoms with van der Waals surface area (Å²) in [5.74, 6) is 0.564. The largest absolute Gasteiger partial charge is 0.349 e. The van der Waals surface area contributed by atoms with Gasteiger partial charge in [0.05, 0.1) is 5.56 Å². The van der Waals surface area contributed by atoms with Crippen molar-refractivity contribution in [3.8, 4) is 0 Å². The summed E-state index contributed by atoms with van der Waals surface area (Å²) < 4.78 is 0.945. The lowest BCUT2D eigenvalue weighted by atomic mass is 9.96. The maximum Gasteiger partial charge on any atom is 0.252 e. The van der Waals surface area contributed by atoms with Crippen LogP contribution in [0.3, 0.4) is 0 Å².